The molecule has 144 valence electrons. The summed E-state index contributed by atoms with van der Waals surface area (Å²) in [6, 6.07) is 21.2. The van der Waals surface area contributed by atoms with E-state index >= 15 is 0 Å². The van der Waals surface area contributed by atoms with Gasteiger partial charge in [-0.1, -0.05) is 48.0 Å². The van der Waals surface area contributed by atoms with E-state index in [2.05, 4.69) is 4.99 Å². The van der Waals surface area contributed by atoms with Crippen LogP contribution in [0, 0.1) is 12.7 Å². The monoisotopic (exact) mass is 386 g/mol. The first-order valence-corrected chi connectivity index (χ1v) is 9.17. The topological polar surface area (TPSA) is 41.9 Å². The molecule has 4 nitrogen and oxygen atoms in total. The molecule has 1 aliphatic rings. The number of anilines is 1. The van der Waals surface area contributed by atoms with Gasteiger partial charge in [-0.2, -0.15) is 0 Å². The van der Waals surface area contributed by atoms with Crippen LogP contribution in [0.15, 0.2) is 83.5 Å². The molecule has 0 N–H and O–H groups in total. The summed E-state index contributed by atoms with van der Waals surface area (Å²) >= 11 is 0. The lowest BCUT2D eigenvalue weighted by atomic mass is 10.1. The number of ether oxygens (including phenoxy) is 1. The first-order chi connectivity index (χ1) is 14.1. The Morgan fingerprint density at radius 2 is 1.66 bits per heavy atom. The van der Waals surface area contributed by atoms with Crippen molar-refractivity contribution < 1.29 is 13.9 Å². The number of carbonyl (C=O) groups is 1. The number of amides is 1. The van der Waals surface area contributed by atoms with Gasteiger partial charge in [0.05, 0.1) is 12.8 Å². The quantitative estimate of drug-likeness (QED) is 0.594. The van der Waals surface area contributed by atoms with Crippen LogP contribution in [0.3, 0.4) is 0 Å². The molecule has 0 bridgehead atoms. The Morgan fingerprint density at radius 3 is 2.31 bits per heavy atom. The molecule has 0 atom stereocenters. The fraction of sp³-hybridized carbons (Fsp3) is 0.0833. The number of carbonyl (C=O) groups excluding carboxylic acids is 1. The largest absolute Gasteiger partial charge is 0.497 e. The number of hydrogen-bond acceptors (Lipinski definition) is 3. The highest BCUT2D eigenvalue weighted by molar-refractivity contribution is 6.33. The van der Waals surface area contributed by atoms with E-state index in [0.717, 1.165) is 11.1 Å². The minimum Gasteiger partial charge on any atom is -0.497 e. The van der Waals surface area contributed by atoms with Gasteiger partial charge >= 0.3 is 0 Å². The molecule has 3 aromatic rings. The van der Waals surface area contributed by atoms with Gasteiger partial charge in [-0.25, -0.2) is 9.38 Å². The van der Waals surface area contributed by atoms with E-state index in [1.807, 2.05) is 31.2 Å². The number of nitrogens with zero attached hydrogens (tertiary/aromatic N) is 2. The normalized spacial score (nSPS) is 15.0. The number of rotatable bonds is 4. The van der Waals surface area contributed by atoms with E-state index in [9.17, 15) is 9.18 Å². The second-order valence-corrected chi connectivity index (χ2v) is 6.69. The van der Waals surface area contributed by atoms with Crippen LogP contribution in [0.2, 0.25) is 0 Å². The van der Waals surface area contributed by atoms with Gasteiger partial charge in [0.2, 0.25) is 0 Å². The van der Waals surface area contributed by atoms with E-state index in [1.165, 1.54) is 17.0 Å². The summed E-state index contributed by atoms with van der Waals surface area (Å²) in [7, 11) is 1.59. The third-order valence-electron chi connectivity index (χ3n) is 4.70. The van der Waals surface area contributed by atoms with Crippen LogP contribution in [0.25, 0.3) is 6.08 Å². The minimum absolute atomic E-state index is 0.182. The van der Waals surface area contributed by atoms with Crippen LogP contribution in [-0.2, 0) is 4.79 Å². The predicted octanol–water partition coefficient (Wildman–Crippen LogP) is 4.98. The number of methoxy groups -OCH3 is 1. The van der Waals surface area contributed by atoms with Crippen LogP contribution < -0.4 is 9.64 Å². The lowest BCUT2D eigenvalue weighted by Gasteiger charge is -2.19. The summed E-state index contributed by atoms with van der Waals surface area (Å²) in [5.41, 5.74) is 3.07. The van der Waals surface area contributed by atoms with Crippen LogP contribution in [0.1, 0.15) is 16.7 Å². The van der Waals surface area contributed by atoms with Gasteiger partial charge in [0.1, 0.15) is 23.1 Å². The maximum Gasteiger partial charge on any atom is 0.282 e. The smallest absolute Gasteiger partial charge is 0.282 e. The third-order valence-corrected chi connectivity index (χ3v) is 4.70. The molecule has 1 amide bonds. The van der Waals surface area contributed by atoms with Crippen LogP contribution in [0.4, 0.5) is 10.1 Å². The van der Waals surface area contributed by atoms with E-state index < -0.39 is 5.82 Å². The van der Waals surface area contributed by atoms with Crippen molar-refractivity contribution in [1.29, 1.82) is 0 Å². The Hall–Kier alpha value is -3.73. The maximum atomic E-state index is 14.1. The predicted molar refractivity (Wildman–Crippen MR) is 113 cm³/mol. The molecule has 1 aliphatic heterocycles. The van der Waals surface area contributed by atoms with Crippen molar-refractivity contribution in [2.45, 2.75) is 6.92 Å². The van der Waals surface area contributed by atoms with Gasteiger partial charge in [0.25, 0.3) is 5.91 Å². The summed E-state index contributed by atoms with van der Waals surface area (Å²) in [6.07, 6.45) is 1.48. The molecule has 0 unspecified atom stereocenters. The standard InChI is InChI=1S/C24H19FN2O2/c1-16-7-9-17(10-8-16)23-26-22(15-18-5-3-4-6-21(18)25)24(28)27(23)19-11-13-20(29-2)14-12-19/h3-15H,1-2H3/b22-15+. The van der Waals surface area contributed by atoms with Gasteiger partial charge in [-0.15, -0.1) is 0 Å². The zero-order chi connectivity index (χ0) is 20.4. The Morgan fingerprint density at radius 1 is 0.966 bits per heavy atom. The van der Waals surface area contributed by atoms with Gasteiger partial charge in [0, 0.05) is 11.1 Å². The van der Waals surface area contributed by atoms with Crippen LogP contribution in [-0.4, -0.2) is 18.9 Å². The molecule has 0 aliphatic carbocycles. The van der Waals surface area contributed by atoms with Gasteiger partial charge in [-0.05, 0) is 43.3 Å². The number of halogens is 1. The van der Waals surface area contributed by atoms with Crippen molar-refractivity contribution in [3.63, 3.8) is 0 Å². The summed E-state index contributed by atoms with van der Waals surface area (Å²) < 4.78 is 19.3. The molecule has 0 spiro atoms. The first-order valence-electron chi connectivity index (χ1n) is 9.17. The SMILES string of the molecule is COc1ccc(N2C(=O)/C(=C\c3ccccc3F)N=C2c2ccc(C)cc2)cc1. The fourth-order valence-electron chi connectivity index (χ4n) is 3.12. The lowest BCUT2D eigenvalue weighted by Crippen LogP contribution is -2.32. The van der Waals surface area contributed by atoms with E-state index in [0.29, 0.717) is 22.8 Å². The molecule has 29 heavy (non-hydrogen) atoms. The summed E-state index contributed by atoms with van der Waals surface area (Å²) in [6.45, 7) is 2.00. The molecule has 4 rings (SSSR count). The Labute approximate surface area is 168 Å². The zero-order valence-corrected chi connectivity index (χ0v) is 16.1. The van der Waals surface area contributed by atoms with Crippen molar-refractivity contribution in [2.75, 3.05) is 12.0 Å². The van der Waals surface area contributed by atoms with E-state index in [-0.39, 0.29) is 11.6 Å². The molecule has 3 aromatic carbocycles. The van der Waals surface area contributed by atoms with Crippen molar-refractivity contribution in [1.82, 2.24) is 0 Å². The molecule has 1 heterocycles. The number of aliphatic imine (C=N–C) groups is 1. The van der Waals surface area contributed by atoms with Gasteiger partial charge < -0.3 is 4.74 Å². The molecule has 0 saturated heterocycles. The molecule has 0 radical (unpaired) electrons. The first kappa shape index (κ1) is 18.6. The molecule has 5 heteroatoms. The van der Waals surface area contributed by atoms with Crippen molar-refractivity contribution in [2.24, 2.45) is 4.99 Å². The van der Waals surface area contributed by atoms with Crippen LogP contribution in [0.5, 0.6) is 5.75 Å². The number of benzene rings is 3. The summed E-state index contributed by atoms with van der Waals surface area (Å²) in [4.78, 5) is 19.3. The maximum absolute atomic E-state index is 14.1. The lowest BCUT2D eigenvalue weighted by molar-refractivity contribution is -0.113. The highest BCUT2D eigenvalue weighted by Crippen LogP contribution is 2.29. The molecule has 0 saturated carbocycles. The Kier molecular flexibility index (Phi) is 4.96. The minimum atomic E-state index is -0.400. The highest BCUT2D eigenvalue weighted by Gasteiger charge is 2.32. The Bertz CT molecular complexity index is 1120. The summed E-state index contributed by atoms with van der Waals surface area (Å²) in [5, 5.41) is 0. The molecular formula is C24H19FN2O2. The van der Waals surface area contributed by atoms with Gasteiger partial charge in [0.15, 0.2) is 0 Å². The van der Waals surface area contributed by atoms with Crippen molar-refractivity contribution >= 4 is 23.5 Å². The highest BCUT2D eigenvalue weighted by atomic mass is 19.1. The Balaban J connectivity index is 1.82. The number of hydrogen-bond donors (Lipinski definition) is 0. The van der Waals surface area contributed by atoms with Gasteiger partial charge in [-0.3, -0.25) is 9.69 Å². The van der Waals surface area contributed by atoms with E-state index in [1.54, 1.807) is 49.6 Å². The second kappa shape index (κ2) is 7.72. The average Bonchev–Trinajstić information content (AvgIpc) is 3.06. The third kappa shape index (κ3) is 3.67. The molecule has 0 fully saturated rings. The fourth-order valence-corrected chi connectivity index (χ4v) is 3.12. The van der Waals surface area contributed by atoms with Crippen molar-refractivity contribution in [3.8, 4) is 5.75 Å². The van der Waals surface area contributed by atoms with Crippen molar-refractivity contribution in [3.05, 3.63) is 101 Å². The van der Waals surface area contributed by atoms with E-state index in [4.69, 9.17) is 4.74 Å². The average molecular weight is 386 g/mol. The second-order valence-electron chi connectivity index (χ2n) is 6.69. The number of amidine groups is 1. The number of aryl methyl sites for hydroxylation is 1. The molecule has 0 aromatic heterocycles. The van der Waals surface area contributed by atoms with Crippen LogP contribution >= 0.6 is 0 Å². The zero-order valence-electron chi connectivity index (χ0n) is 16.1. The summed E-state index contributed by atoms with van der Waals surface area (Å²) in [5.74, 6) is 0.482. The molecular weight excluding hydrogens is 367 g/mol.